The molecule has 0 bridgehead atoms. The van der Waals surface area contributed by atoms with E-state index in [4.69, 9.17) is 0 Å². The molecule has 20 heavy (non-hydrogen) atoms. The Kier molecular flexibility index (Phi) is 18.7. The summed E-state index contributed by atoms with van der Waals surface area (Å²) in [5.41, 5.74) is 0. The maximum atomic E-state index is 10.3. The smallest absolute Gasteiger partial charge is 0.448 e. The fraction of sp³-hybridized carbons (Fsp3) is 0.500. The molecule has 0 atom stereocenters. The fourth-order valence-electron chi connectivity index (χ4n) is 0.528. The first-order chi connectivity index (χ1) is 9.12. The minimum atomic E-state index is -4.19. The van der Waals surface area contributed by atoms with Crippen molar-refractivity contribution >= 4 is 27.9 Å². The lowest BCUT2D eigenvalue weighted by molar-refractivity contribution is -0.138. The lowest BCUT2D eigenvalue weighted by Gasteiger charge is -1.91. The molecule has 118 valence electrons. The van der Waals surface area contributed by atoms with E-state index in [0.717, 1.165) is 6.08 Å². The van der Waals surface area contributed by atoms with E-state index in [2.05, 4.69) is 16.1 Å². The van der Waals surface area contributed by atoms with Gasteiger partial charge in [0.15, 0.2) is 0 Å². The molecular weight excluding hydrogens is 345 g/mol. The first-order valence-electron chi connectivity index (χ1n) is 5.46. The van der Waals surface area contributed by atoms with Gasteiger partial charge in [-0.1, -0.05) is 12.7 Å². The Morgan fingerprint density at radius 2 is 1.50 bits per heavy atom. The van der Waals surface area contributed by atoms with E-state index >= 15 is 0 Å². The molecule has 0 amide bonds. The highest BCUT2D eigenvalue weighted by Crippen LogP contribution is 2.21. The van der Waals surface area contributed by atoms with Gasteiger partial charge in [-0.3, -0.25) is 0 Å². The van der Waals surface area contributed by atoms with Crippen LogP contribution in [0, 0.1) is 0 Å². The minimum absolute atomic E-state index is 0.269. The zero-order valence-electron chi connectivity index (χ0n) is 11.5. The van der Waals surface area contributed by atoms with E-state index in [1.54, 1.807) is 26.8 Å². The van der Waals surface area contributed by atoms with Crippen molar-refractivity contribution in [1.29, 1.82) is 0 Å². The Morgan fingerprint density at radius 3 is 1.70 bits per heavy atom. The van der Waals surface area contributed by atoms with Crippen molar-refractivity contribution in [3.8, 4) is 0 Å². The molecule has 0 aromatic carbocycles. The van der Waals surface area contributed by atoms with Crippen molar-refractivity contribution in [2.45, 2.75) is 25.9 Å². The van der Waals surface area contributed by atoms with Gasteiger partial charge >= 0.3 is 17.0 Å². The SMILES string of the molecule is C=CC(=O)OCC.CC=CC(=O)OCC.FC(F)(F)Br. The summed E-state index contributed by atoms with van der Waals surface area (Å²) in [4.78, 5) is 20.4. The summed E-state index contributed by atoms with van der Waals surface area (Å²) in [5, 5.41) is -4.19. The van der Waals surface area contributed by atoms with E-state index < -0.39 is 5.09 Å². The normalized spacial score (nSPS) is 9.55. The van der Waals surface area contributed by atoms with Gasteiger partial charge in [0, 0.05) is 28.1 Å². The highest BCUT2D eigenvalue weighted by Gasteiger charge is 2.19. The number of esters is 2. The zero-order chi connectivity index (χ0) is 16.6. The Balaban J connectivity index is -0.000000223. The summed E-state index contributed by atoms with van der Waals surface area (Å²) in [7, 11) is 0. The van der Waals surface area contributed by atoms with Crippen LogP contribution in [-0.2, 0) is 19.1 Å². The van der Waals surface area contributed by atoms with Gasteiger partial charge in [-0.25, -0.2) is 9.59 Å². The predicted molar refractivity (Wildman–Crippen MR) is 73.3 cm³/mol. The Morgan fingerprint density at radius 1 is 1.15 bits per heavy atom. The van der Waals surface area contributed by atoms with Crippen LogP contribution in [0.25, 0.3) is 0 Å². The Labute approximate surface area is 124 Å². The van der Waals surface area contributed by atoms with Gasteiger partial charge in [-0.05, 0) is 20.8 Å². The van der Waals surface area contributed by atoms with Crippen LogP contribution in [0.5, 0.6) is 0 Å². The molecule has 0 spiro atoms. The third-order valence-electron chi connectivity index (χ3n) is 1.04. The minimum Gasteiger partial charge on any atom is -0.463 e. The van der Waals surface area contributed by atoms with Crippen molar-refractivity contribution in [2.24, 2.45) is 0 Å². The number of carbonyl (C=O) groups excluding carboxylic acids is 2. The number of halogens is 4. The Bertz CT molecular complexity index is 296. The molecule has 0 aliphatic carbocycles. The zero-order valence-corrected chi connectivity index (χ0v) is 13.1. The third-order valence-corrected chi connectivity index (χ3v) is 1.04. The largest absolute Gasteiger partial charge is 0.463 e. The van der Waals surface area contributed by atoms with Crippen molar-refractivity contribution < 1.29 is 32.2 Å². The summed E-state index contributed by atoms with van der Waals surface area (Å²) in [5.74, 6) is -0.627. The number of alkyl halides is 4. The second-order valence-corrected chi connectivity index (χ2v) is 3.54. The van der Waals surface area contributed by atoms with E-state index in [-0.39, 0.29) is 11.9 Å². The van der Waals surface area contributed by atoms with Crippen LogP contribution < -0.4 is 0 Å². The molecule has 0 aromatic rings. The molecular formula is C12H18BrF3O4. The number of carbonyl (C=O) groups is 2. The second kappa shape index (κ2) is 15.7. The van der Waals surface area contributed by atoms with Gasteiger partial charge in [0.25, 0.3) is 0 Å². The quantitative estimate of drug-likeness (QED) is 0.434. The van der Waals surface area contributed by atoms with Crippen LogP contribution >= 0.6 is 15.9 Å². The van der Waals surface area contributed by atoms with Gasteiger partial charge in [0.1, 0.15) is 0 Å². The number of allylic oxidation sites excluding steroid dienone is 1. The number of ether oxygens (including phenoxy) is 2. The molecule has 0 aromatic heterocycles. The molecule has 0 saturated carbocycles. The summed E-state index contributed by atoms with van der Waals surface area (Å²) < 4.78 is 39.8. The Hall–Kier alpha value is -1.31. The molecule has 8 heteroatoms. The highest BCUT2D eigenvalue weighted by atomic mass is 79.9. The van der Waals surface area contributed by atoms with Crippen LogP contribution in [0.1, 0.15) is 20.8 Å². The lowest BCUT2D eigenvalue weighted by Crippen LogP contribution is -1.98. The number of hydrogen-bond donors (Lipinski definition) is 0. The van der Waals surface area contributed by atoms with Crippen molar-refractivity contribution in [1.82, 2.24) is 0 Å². The van der Waals surface area contributed by atoms with Crippen molar-refractivity contribution in [3.05, 3.63) is 24.8 Å². The summed E-state index contributed by atoms with van der Waals surface area (Å²) >= 11 is 1.38. The topological polar surface area (TPSA) is 52.6 Å². The third kappa shape index (κ3) is 43.8. The van der Waals surface area contributed by atoms with Gasteiger partial charge in [0.2, 0.25) is 0 Å². The number of rotatable bonds is 4. The fourth-order valence-corrected chi connectivity index (χ4v) is 0.528. The van der Waals surface area contributed by atoms with Crippen molar-refractivity contribution in [3.63, 3.8) is 0 Å². The van der Waals surface area contributed by atoms with Gasteiger partial charge < -0.3 is 9.47 Å². The predicted octanol–water partition coefficient (Wildman–Crippen LogP) is 3.76. The molecule has 0 radical (unpaired) electrons. The van der Waals surface area contributed by atoms with E-state index in [0.29, 0.717) is 13.2 Å². The van der Waals surface area contributed by atoms with Gasteiger partial charge in [-0.15, -0.1) is 0 Å². The maximum absolute atomic E-state index is 10.3. The van der Waals surface area contributed by atoms with Gasteiger partial charge in [0.05, 0.1) is 13.2 Å². The average Bonchev–Trinajstić information content (AvgIpc) is 2.28. The van der Waals surface area contributed by atoms with Gasteiger partial charge in [-0.2, -0.15) is 13.2 Å². The van der Waals surface area contributed by atoms with E-state index in [1.165, 1.54) is 22.0 Å². The molecule has 0 unspecified atom stereocenters. The van der Waals surface area contributed by atoms with E-state index in [9.17, 15) is 22.8 Å². The monoisotopic (exact) mass is 362 g/mol. The summed E-state index contributed by atoms with van der Waals surface area (Å²) in [6.45, 7) is 9.38. The molecule has 0 aliphatic rings. The molecule has 0 fully saturated rings. The standard InChI is InChI=1S/C6H10O2.C5H8O2.CBrF3/c1-3-5-6(7)8-4-2;1-3-5(6)7-4-2;2-1(3,4)5/h3,5H,4H2,1-2H3;3H,1,4H2,2H3;. The lowest BCUT2D eigenvalue weighted by atomic mass is 10.5. The number of hydrogen-bond acceptors (Lipinski definition) is 4. The molecule has 0 N–H and O–H groups in total. The molecule has 0 saturated heterocycles. The molecule has 4 nitrogen and oxygen atoms in total. The van der Waals surface area contributed by atoms with Crippen LogP contribution in [0.3, 0.4) is 0 Å². The molecule has 0 heterocycles. The van der Waals surface area contributed by atoms with Crippen LogP contribution in [0.15, 0.2) is 24.8 Å². The first-order valence-corrected chi connectivity index (χ1v) is 6.25. The molecule has 0 aliphatic heterocycles. The highest BCUT2D eigenvalue weighted by molar-refractivity contribution is 9.09. The van der Waals surface area contributed by atoms with Crippen LogP contribution in [0.4, 0.5) is 13.2 Å². The second-order valence-electron chi connectivity index (χ2n) is 2.64. The summed E-state index contributed by atoms with van der Waals surface area (Å²) in [6, 6.07) is 0. The van der Waals surface area contributed by atoms with Crippen LogP contribution in [-0.4, -0.2) is 30.2 Å². The van der Waals surface area contributed by atoms with Crippen LogP contribution in [0.2, 0.25) is 0 Å². The molecule has 0 rings (SSSR count). The maximum Gasteiger partial charge on any atom is 0.448 e. The first kappa shape index (κ1) is 23.8. The average molecular weight is 363 g/mol. The van der Waals surface area contributed by atoms with E-state index in [1.807, 2.05) is 0 Å². The van der Waals surface area contributed by atoms with Crippen molar-refractivity contribution in [2.75, 3.05) is 13.2 Å². The summed E-state index contributed by atoms with van der Waals surface area (Å²) in [6.07, 6.45) is 4.19.